The number of benzene rings is 1. The van der Waals surface area contributed by atoms with Crippen LogP contribution in [0.1, 0.15) is 5.56 Å². The molecule has 0 saturated heterocycles. The maximum absolute atomic E-state index is 10.6. The highest BCUT2D eigenvalue weighted by molar-refractivity contribution is 6.30. The van der Waals surface area contributed by atoms with Crippen LogP contribution >= 0.6 is 11.6 Å². The third-order valence-electron chi connectivity index (χ3n) is 2.46. The van der Waals surface area contributed by atoms with E-state index in [0.29, 0.717) is 17.4 Å². The van der Waals surface area contributed by atoms with Crippen molar-refractivity contribution in [3.63, 3.8) is 0 Å². The lowest BCUT2D eigenvalue weighted by atomic mass is 10.2. The van der Waals surface area contributed by atoms with Crippen molar-refractivity contribution in [2.24, 2.45) is 0 Å². The number of pyridine rings is 1. The van der Waals surface area contributed by atoms with Crippen molar-refractivity contribution in [2.45, 2.75) is 6.54 Å². The quantitative estimate of drug-likeness (QED) is 0.662. The van der Waals surface area contributed by atoms with Crippen LogP contribution in [0.2, 0.25) is 5.02 Å². The smallest absolute Gasteiger partial charge is 0.311 e. The first-order chi connectivity index (χ1) is 9.06. The average molecular weight is 279 g/mol. The van der Waals surface area contributed by atoms with E-state index in [1.165, 1.54) is 12.1 Å². The van der Waals surface area contributed by atoms with E-state index in [1.54, 1.807) is 6.07 Å². The zero-order chi connectivity index (χ0) is 13.8. The van der Waals surface area contributed by atoms with Gasteiger partial charge in [0.1, 0.15) is 5.82 Å². The Kier molecular flexibility index (Phi) is 3.82. The minimum absolute atomic E-state index is 0.110. The van der Waals surface area contributed by atoms with E-state index in [9.17, 15) is 10.1 Å². The van der Waals surface area contributed by atoms with Crippen molar-refractivity contribution in [1.82, 2.24) is 4.98 Å². The first-order valence-electron chi connectivity index (χ1n) is 5.45. The van der Waals surface area contributed by atoms with Crippen LogP contribution in [0, 0.1) is 10.1 Å². The fourth-order valence-electron chi connectivity index (χ4n) is 1.56. The minimum Gasteiger partial charge on any atom is -0.378 e. The minimum atomic E-state index is -0.566. The standard InChI is InChI=1S/C12H11ClN4O2/c13-9-3-1-2-8(6-9)7-15-11-5-4-10(17(18)19)12(14)16-11/h1-6H,7H2,(H3,14,15,16). The molecule has 1 aromatic carbocycles. The number of halogens is 1. The van der Waals surface area contributed by atoms with Crippen LogP contribution < -0.4 is 11.1 Å². The average Bonchev–Trinajstić information content (AvgIpc) is 2.36. The summed E-state index contributed by atoms with van der Waals surface area (Å²) in [6, 6.07) is 10.2. The molecule has 0 saturated carbocycles. The zero-order valence-electron chi connectivity index (χ0n) is 9.84. The van der Waals surface area contributed by atoms with E-state index >= 15 is 0 Å². The number of hydrogen-bond donors (Lipinski definition) is 2. The van der Waals surface area contributed by atoms with Gasteiger partial charge in [-0.3, -0.25) is 10.1 Å². The van der Waals surface area contributed by atoms with Gasteiger partial charge in [-0.25, -0.2) is 4.98 Å². The zero-order valence-corrected chi connectivity index (χ0v) is 10.6. The maximum atomic E-state index is 10.6. The van der Waals surface area contributed by atoms with Gasteiger partial charge in [-0.1, -0.05) is 23.7 Å². The van der Waals surface area contributed by atoms with Crippen LogP contribution in [0.3, 0.4) is 0 Å². The SMILES string of the molecule is Nc1nc(NCc2cccc(Cl)c2)ccc1[N+](=O)[O-]. The number of aromatic nitrogens is 1. The Bertz CT molecular complexity index is 618. The van der Waals surface area contributed by atoms with Gasteiger partial charge < -0.3 is 11.1 Å². The van der Waals surface area contributed by atoms with Crippen molar-refractivity contribution in [2.75, 3.05) is 11.1 Å². The molecular formula is C12H11ClN4O2. The lowest BCUT2D eigenvalue weighted by Crippen LogP contribution is -2.04. The van der Waals surface area contributed by atoms with Crippen molar-refractivity contribution < 1.29 is 4.92 Å². The Hall–Kier alpha value is -2.34. The van der Waals surface area contributed by atoms with E-state index < -0.39 is 4.92 Å². The van der Waals surface area contributed by atoms with Crippen LogP contribution in [-0.2, 0) is 6.54 Å². The van der Waals surface area contributed by atoms with Gasteiger partial charge in [0.25, 0.3) is 0 Å². The van der Waals surface area contributed by atoms with Gasteiger partial charge >= 0.3 is 5.69 Å². The van der Waals surface area contributed by atoms with E-state index in [0.717, 1.165) is 5.56 Å². The summed E-state index contributed by atoms with van der Waals surface area (Å²) in [5.74, 6) is 0.365. The lowest BCUT2D eigenvalue weighted by Gasteiger charge is -2.06. The molecule has 19 heavy (non-hydrogen) atoms. The summed E-state index contributed by atoms with van der Waals surface area (Å²) in [7, 11) is 0. The molecule has 0 aliphatic carbocycles. The molecule has 0 fully saturated rings. The van der Waals surface area contributed by atoms with E-state index in [2.05, 4.69) is 10.3 Å². The lowest BCUT2D eigenvalue weighted by molar-refractivity contribution is -0.384. The second-order valence-electron chi connectivity index (χ2n) is 3.84. The molecule has 2 aromatic rings. The number of nitrogens with two attached hydrogens (primary N) is 1. The largest absolute Gasteiger partial charge is 0.378 e. The monoisotopic (exact) mass is 278 g/mol. The van der Waals surface area contributed by atoms with Gasteiger partial charge in [0, 0.05) is 17.6 Å². The molecule has 0 amide bonds. The molecule has 2 rings (SSSR count). The number of hydrogen-bond acceptors (Lipinski definition) is 5. The molecule has 0 bridgehead atoms. The molecule has 0 unspecified atom stereocenters. The maximum Gasteiger partial charge on any atom is 0.311 e. The van der Waals surface area contributed by atoms with Crippen LogP contribution in [-0.4, -0.2) is 9.91 Å². The molecule has 0 aliphatic rings. The molecule has 3 N–H and O–H groups in total. The molecule has 0 atom stereocenters. The number of nitrogens with one attached hydrogen (secondary N) is 1. The normalized spacial score (nSPS) is 10.2. The van der Waals surface area contributed by atoms with Crippen LogP contribution in [0.25, 0.3) is 0 Å². The molecule has 1 aromatic heterocycles. The predicted molar refractivity (Wildman–Crippen MR) is 74.1 cm³/mol. The van der Waals surface area contributed by atoms with Gasteiger partial charge in [0.15, 0.2) is 0 Å². The third kappa shape index (κ3) is 3.32. The summed E-state index contributed by atoms with van der Waals surface area (Å²) >= 11 is 5.87. The highest BCUT2D eigenvalue weighted by Gasteiger charge is 2.12. The van der Waals surface area contributed by atoms with Crippen LogP contribution in [0.4, 0.5) is 17.3 Å². The first kappa shape index (κ1) is 13.1. The number of anilines is 2. The summed E-state index contributed by atoms with van der Waals surface area (Å²) in [5, 5.41) is 14.3. The fourth-order valence-corrected chi connectivity index (χ4v) is 1.77. The van der Waals surface area contributed by atoms with E-state index in [4.69, 9.17) is 17.3 Å². The third-order valence-corrected chi connectivity index (χ3v) is 2.70. The van der Waals surface area contributed by atoms with Crippen molar-refractivity contribution in [1.29, 1.82) is 0 Å². The second-order valence-corrected chi connectivity index (χ2v) is 4.28. The molecule has 0 spiro atoms. The Morgan fingerprint density at radius 3 is 2.79 bits per heavy atom. The Balaban J connectivity index is 2.08. The number of nitro groups is 1. The number of nitrogens with zero attached hydrogens (tertiary/aromatic N) is 2. The van der Waals surface area contributed by atoms with Crippen molar-refractivity contribution in [3.8, 4) is 0 Å². The molecule has 7 heteroatoms. The predicted octanol–water partition coefficient (Wildman–Crippen LogP) is 2.84. The highest BCUT2D eigenvalue weighted by Crippen LogP contribution is 2.21. The summed E-state index contributed by atoms with van der Waals surface area (Å²) in [4.78, 5) is 14.0. The molecule has 98 valence electrons. The fraction of sp³-hybridized carbons (Fsp3) is 0.0833. The molecular weight excluding hydrogens is 268 g/mol. The van der Waals surface area contributed by atoms with Crippen molar-refractivity contribution >= 4 is 28.9 Å². The van der Waals surface area contributed by atoms with Gasteiger partial charge in [-0.05, 0) is 23.8 Å². The summed E-state index contributed by atoms with van der Waals surface area (Å²) in [6.07, 6.45) is 0. The number of rotatable bonds is 4. The summed E-state index contributed by atoms with van der Waals surface area (Å²) in [5.41, 5.74) is 6.28. The summed E-state index contributed by atoms with van der Waals surface area (Å²) < 4.78 is 0. The van der Waals surface area contributed by atoms with Crippen molar-refractivity contribution in [3.05, 3.63) is 57.1 Å². The van der Waals surface area contributed by atoms with Gasteiger partial charge in [0.2, 0.25) is 5.82 Å². The number of nitrogen functional groups attached to an aromatic ring is 1. The first-order valence-corrected chi connectivity index (χ1v) is 5.83. The molecule has 1 heterocycles. The van der Waals surface area contributed by atoms with E-state index in [1.807, 2.05) is 18.2 Å². The molecule has 0 aliphatic heterocycles. The van der Waals surface area contributed by atoms with Crippen LogP contribution in [0.15, 0.2) is 36.4 Å². The van der Waals surface area contributed by atoms with Crippen LogP contribution in [0.5, 0.6) is 0 Å². The Morgan fingerprint density at radius 1 is 1.37 bits per heavy atom. The Labute approximate surface area is 114 Å². The highest BCUT2D eigenvalue weighted by atomic mass is 35.5. The summed E-state index contributed by atoms with van der Waals surface area (Å²) in [6.45, 7) is 0.505. The van der Waals surface area contributed by atoms with Gasteiger partial charge in [-0.15, -0.1) is 0 Å². The molecule has 6 nitrogen and oxygen atoms in total. The topological polar surface area (TPSA) is 94.1 Å². The second kappa shape index (κ2) is 5.53. The van der Waals surface area contributed by atoms with E-state index in [-0.39, 0.29) is 11.5 Å². The van der Waals surface area contributed by atoms with Gasteiger partial charge in [-0.2, -0.15) is 0 Å². The Morgan fingerprint density at radius 2 is 2.16 bits per heavy atom. The van der Waals surface area contributed by atoms with Gasteiger partial charge in [0.05, 0.1) is 4.92 Å². The molecule has 0 radical (unpaired) electrons.